The van der Waals surface area contributed by atoms with Crippen LogP contribution in [0.25, 0.3) is 0 Å². The summed E-state index contributed by atoms with van der Waals surface area (Å²) in [6, 6.07) is 0.765. The molecule has 142 valence electrons. The number of ether oxygens (including phenoxy) is 2. The number of piperidine rings is 1. The molecule has 0 aliphatic carbocycles. The molecule has 1 saturated heterocycles. The van der Waals surface area contributed by atoms with Crippen molar-refractivity contribution in [3.05, 3.63) is 27.7 Å². The first-order chi connectivity index (χ1) is 12.6. The van der Waals surface area contributed by atoms with Gasteiger partial charge in [-0.25, -0.2) is 4.79 Å². The minimum atomic E-state index is -0.595. The molecule has 1 amide bonds. The maximum atomic E-state index is 13.4. The Morgan fingerprint density at radius 3 is 2.73 bits per heavy atom. The number of aromatic nitrogens is 1. The summed E-state index contributed by atoms with van der Waals surface area (Å²) in [4.78, 5) is 39.5. The van der Waals surface area contributed by atoms with E-state index in [0.717, 1.165) is 12.8 Å². The molecule has 1 fully saturated rings. The molecule has 3 heterocycles. The molecule has 0 aromatic carbocycles. The highest BCUT2D eigenvalue weighted by Crippen LogP contribution is 2.27. The zero-order valence-corrected chi connectivity index (χ0v) is 15.2. The van der Waals surface area contributed by atoms with Gasteiger partial charge in [-0.05, 0) is 19.3 Å². The molecule has 3 rings (SSSR count). The number of nitrogens with one attached hydrogen (secondary N) is 1. The largest absolute Gasteiger partial charge is 0.496 e. The van der Waals surface area contributed by atoms with Crippen molar-refractivity contribution in [2.75, 3.05) is 33.9 Å². The maximum Gasteiger partial charge on any atom is 0.328 e. The summed E-state index contributed by atoms with van der Waals surface area (Å²) < 4.78 is 11.9. The lowest BCUT2D eigenvalue weighted by atomic mass is 9.99. The van der Waals surface area contributed by atoms with Gasteiger partial charge in [0, 0.05) is 44.4 Å². The molecule has 8 nitrogen and oxygen atoms in total. The minimum Gasteiger partial charge on any atom is -0.496 e. The molecule has 26 heavy (non-hydrogen) atoms. The van der Waals surface area contributed by atoms with Gasteiger partial charge in [0.2, 0.25) is 0 Å². The number of hydrogen-bond donors (Lipinski definition) is 1. The van der Waals surface area contributed by atoms with Crippen LogP contribution in [0.1, 0.15) is 35.3 Å². The van der Waals surface area contributed by atoms with Crippen LogP contribution >= 0.6 is 0 Å². The molecule has 1 aromatic heterocycles. The molecule has 2 aliphatic rings. The Bertz CT molecular complexity index is 758. The normalized spacial score (nSPS) is 20.1. The van der Waals surface area contributed by atoms with E-state index in [0.29, 0.717) is 50.3 Å². The molecule has 0 spiro atoms. The number of carbonyl (C=O) groups excluding carboxylic acids is 2. The second-order valence-corrected chi connectivity index (χ2v) is 6.56. The van der Waals surface area contributed by atoms with Crippen LogP contribution in [0.4, 0.5) is 0 Å². The van der Waals surface area contributed by atoms with E-state index >= 15 is 0 Å². The molecule has 0 bridgehead atoms. The Hall–Kier alpha value is -2.35. The lowest BCUT2D eigenvalue weighted by Gasteiger charge is -2.34. The van der Waals surface area contributed by atoms with Crippen molar-refractivity contribution in [2.24, 2.45) is 0 Å². The third kappa shape index (κ3) is 3.33. The van der Waals surface area contributed by atoms with E-state index in [1.165, 1.54) is 20.3 Å². The summed E-state index contributed by atoms with van der Waals surface area (Å²) in [5.74, 6) is -0.414. The van der Waals surface area contributed by atoms with Gasteiger partial charge in [-0.3, -0.25) is 9.59 Å². The number of likely N-dealkylation sites (tertiary alicyclic amines) is 1. The fraction of sp³-hybridized carbons (Fsp3) is 0.611. The van der Waals surface area contributed by atoms with E-state index in [1.54, 1.807) is 9.47 Å². The molecular formula is C18H25N3O5. The van der Waals surface area contributed by atoms with Crippen LogP contribution < -0.4 is 15.6 Å². The zero-order valence-electron chi connectivity index (χ0n) is 15.2. The summed E-state index contributed by atoms with van der Waals surface area (Å²) in [7, 11) is 2.78. The van der Waals surface area contributed by atoms with Gasteiger partial charge in [0.25, 0.3) is 11.5 Å². The summed E-state index contributed by atoms with van der Waals surface area (Å²) in [6.45, 7) is 2.33. The van der Waals surface area contributed by atoms with Crippen molar-refractivity contribution in [1.82, 2.24) is 14.8 Å². The molecule has 0 radical (unpaired) electrons. The Balaban J connectivity index is 2.08. The first-order valence-electron chi connectivity index (χ1n) is 8.98. The number of hydrogen-bond acceptors (Lipinski definition) is 6. The number of rotatable bonds is 3. The van der Waals surface area contributed by atoms with Crippen LogP contribution in [0, 0.1) is 0 Å². The van der Waals surface area contributed by atoms with Gasteiger partial charge in [0.05, 0.1) is 14.2 Å². The highest BCUT2D eigenvalue weighted by molar-refractivity contribution is 6.00. The summed E-state index contributed by atoms with van der Waals surface area (Å²) in [5.41, 5.74) is 0.866. The predicted octanol–water partition coefficient (Wildman–Crippen LogP) is 0.170. The summed E-state index contributed by atoms with van der Waals surface area (Å²) in [5, 5.41) is 3.24. The number of nitrogens with zero attached hydrogens (tertiary/aromatic N) is 2. The molecule has 8 heteroatoms. The number of methoxy groups -OCH3 is 2. The Morgan fingerprint density at radius 1 is 1.19 bits per heavy atom. The van der Waals surface area contributed by atoms with Gasteiger partial charge in [0.15, 0.2) is 0 Å². The van der Waals surface area contributed by atoms with Crippen LogP contribution in [0.2, 0.25) is 0 Å². The van der Waals surface area contributed by atoms with Crippen LogP contribution in [0.5, 0.6) is 5.75 Å². The third-order valence-corrected chi connectivity index (χ3v) is 5.10. The number of esters is 1. The smallest absolute Gasteiger partial charge is 0.328 e. The van der Waals surface area contributed by atoms with Crippen molar-refractivity contribution < 1.29 is 19.1 Å². The molecule has 2 aliphatic heterocycles. The van der Waals surface area contributed by atoms with Crippen LogP contribution in [0.3, 0.4) is 0 Å². The standard InChI is InChI=1S/C18H25N3O5/c1-25-14-11-15(22)20-10-8-19-7-6-12(20)16(14)17(23)21-9-4-3-5-13(21)18(24)26-2/h11,13,19H,3-10H2,1-2H3. The SMILES string of the molecule is COC(=O)C1CCCCN1C(=O)c1c(OC)cc(=O)n2c1CCNCC2. The molecule has 1 unspecified atom stereocenters. The fourth-order valence-electron chi connectivity index (χ4n) is 3.79. The van der Waals surface area contributed by atoms with Gasteiger partial charge in [0.1, 0.15) is 17.4 Å². The van der Waals surface area contributed by atoms with Gasteiger partial charge < -0.3 is 24.3 Å². The average molecular weight is 363 g/mol. The monoisotopic (exact) mass is 363 g/mol. The first-order valence-corrected chi connectivity index (χ1v) is 8.98. The quantitative estimate of drug-likeness (QED) is 0.770. The first kappa shape index (κ1) is 18.4. The minimum absolute atomic E-state index is 0.180. The van der Waals surface area contributed by atoms with Gasteiger partial charge in [-0.1, -0.05) is 0 Å². The van der Waals surface area contributed by atoms with Crippen LogP contribution in [0.15, 0.2) is 10.9 Å². The molecule has 1 atom stereocenters. The Morgan fingerprint density at radius 2 is 2.00 bits per heavy atom. The highest BCUT2D eigenvalue weighted by Gasteiger charge is 2.36. The van der Waals surface area contributed by atoms with Crippen molar-refractivity contribution in [3.63, 3.8) is 0 Å². The maximum absolute atomic E-state index is 13.4. The summed E-state index contributed by atoms with van der Waals surface area (Å²) in [6.07, 6.45) is 2.83. The van der Waals surface area contributed by atoms with E-state index in [-0.39, 0.29) is 17.2 Å². The average Bonchev–Trinajstić information content (AvgIpc) is 2.93. The van der Waals surface area contributed by atoms with Gasteiger partial charge >= 0.3 is 5.97 Å². The topological polar surface area (TPSA) is 89.9 Å². The van der Waals surface area contributed by atoms with E-state index < -0.39 is 12.0 Å². The highest BCUT2D eigenvalue weighted by atomic mass is 16.5. The molecule has 1 N–H and O–H groups in total. The van der Waals surface area contributed by atoms with E-state index in [9.17, 15) is 14.4 Å². The lowest BCUT2D eigenvalue weighted by Crippen LogP contribution is -2.49. The van der Waals surface area contributed by atoms with Gasteiger partial charge in [-0.2, -0.15) is 0 Å². The van der Waals surface area contributed by atoms with Crippen molar-refractivity contribution >= 4 is 11.9 Å². The Labute approximate surface area is 152 Å². The lowest BCUT2D eigenvalue weighted by molar-refractivity contribution is -0.147. The summed E-state index contributed by atoms with van der Waals surface area (Å²) >= 11 is 0. The second-order valence-electron chi connectivity index (χ2n) is 6.56. The van der Waals surface area contributed by atoms with E-state index in [2.05, 4.69) is 5.32 Å². The van der Waals surface area contributed by atoms with Gasteiger partial charge in [-0.15, -0.1) is 0 Å². The van der Waals surface area contributed by atoms with Crippen LogP contribution in [-0.2, 0) is 22.5 Å². The van der Waals surface area contributed by atoms with Crippen molar-refractivity contribution in [1.29, 1.82) is 0 Å². The van der Waals surface area contributed by atoms with Crippen molar-refractivity contribution in [3.8, 4) is 5.75 Å². The van der Waals surface area contributed by atoms with E-state index in [4.69, 9.17) is 9.47 Å². The number of carbonyl (C=O) groups is 2. The number of amides is 1. The number of pyridine rings is 1. The molecule has 1 aromatic rings. The fourth-order valence-corrected chi connectivity index (χ4v) is 3.79. The zero-order chi connectivity index (χ0) is 18.7. The van der Waals surface area contributed by atoms with Crippen molar-refractivity contribution in [2.45, 2.75) is 38.3 Å². The molecular weight excluding hydrogens is 338 g/mol. The second kappa shape index (κ2) is 7.90. The number of fused-ring (bicyclic) bond motifs is 1. The van der Waals surface area contributed by atoms with Crippen LogP contribution in [-0.4, -0.2) is 61.2 Å². The predicted molar refractivity (Wildman–Crippen MR) is 94.5 cm³/mol. The molecule has 0 saturated carbocycles. The third-order valence-electron chi connectivity index (χ3n) is 5.10. The van der Waals surface area contributed by atoms with E-state index in [1.807, 2.05) is 0 Å². The Kier molecular flexibility index (Phi) is 5.61.